The molecule has 5 aromatic rings. The lowest BCUT2D eigenvalue weighted by Crippen LogP contribution is -2.54. The summed E-state index contributed by atoms with van der Waals surface area (Å²) in [6.07, 6.45) is 6.97. The fourth-order valence-corrected chi connectivity index (χ4v) is 7.40. The molecule has 56 heavy (non-hydrogen) atoms. The Morgan fingerprint density at radius 3 is 2.54 bits per heavy atom. The van der Waals surface area contributed by atoms with Crippen LogP contribution < -0.4 is 26.2 Å². The molecule has 1 unspecified atom stereocenters. The number of anilines is 3. The van der Waals surface area contributed by atoms with Gasteiger partial charge in [0, 0.05) is 62.3 Å². The zero-order chi connectivity index (χ0) is 38.6. The van der Waals surface area contributed by atoms with Crippen molar-refractivity contribution in [2.45, 2.75) is 38.3 Å². The van der Waals surface area contributed by atoms with Gasteiger partial charge in [0.1, 0.15) is 18.1 Å². The molecule has 1 atom stereocenters. The van der Waals surface area contributed by atoms with Gasteiger partial charge in [-0.3, -0.25) is 43.5 Å². The highest BCUT2D eigenvalue weighted by atomic mass is 16.3. The molecule has 0 saturated carbocycles. The largest absolute Gasteiger partial charge is 0.467 e. The molecule has 2 saturated heterocycles. The van der Waals surface area contributed by atoms with E-state index in [4.69, 9.17) is 4.42 Å². The van der Waals surface area contributed by atoms with E-state index in [-0.39, 0.29) is 36.4 Å². The maximum atomic E-state index is 13.3. The Bertz CT molecular complexity index is 2260. The fraction of sp³-hybridized carbons (Fsp3) is 0.333. The number of unbranched alkanes of at least 4 members (excludes halogenated alkanes) is 1. The zero-order valence-electron chi connectivity index (χ0n) is 30.6. The summed E-state index contributed by atoms with van der Waals surface area (Å²) in [5.74, 6) is -1.12. The number of fused-ring (bicyclic) bond motifs is 2. The topological polar surface area (TPSA) is 199 Å². The normalized spacial score (nSPS) is 17.3. The van der Waals surface area contributed by atoms with Crippen molar-refractivity contribution in [1.29, 1.82) is 0 Å². The molecule has 2 fully saturated rings. The summed E-state index contributed by atoms with van der Waals surface area (Å²) in [6.45, 7) is 5.58. The molecule has 5 amide bonds. The molecule has 0 spiro atoms. The second-order valence-corrected chi connectivity index (χ2v) is 13.9. The summed E-state index contributed by atoms with van der Waals surface area (Å²) in [4.78, 5) is 73.3. The number of nitrogens with one attached hydrogen (secondary N) is 4. The Balaban J connectivity index is 0.751. The number of rotatable bonds is 14. The summed E-state index contributed by atoms with van der Waals surface area (Å²) in [6, 6.07) is 15.9. The number of carbonyl (C=O) groups excluding carboxylic acids is 5. The highest BCUT2D eigenvalue weighted by Gasteiger charge is 2.45. The minimum Gasteiger partial charge on any atom is -0.467 e. The monoisotopic (exact) mass is 759 g/mol. The van der Waals surface area contributed by atoms with E-state index in [0.717, 1.165) is 73.0 Å². The third-order valence-corrected chi connectivity index (χ3v) is 10.4. The van der Waals surface area contributed by atoms with Crippen molar-refractivity contribution in [3.63, 3.8) is 0 Å². The van der Waals surface area contributed by atoms with Gasteiger partial charge >= 0.3 is 0 Å². The molecule has 3 aromatic heterocycles. The molecule has 0 bridgehead atoms. The number of carbonyl (C=O) groups is 5. The Hall–Kier alpha value is -6.62. The van der Waals surface area contributed by atoms with Crippen LogP contribution in [-0.2, 0) is 20.9 Å². The zero-order valence-corrected chi connectivity index (χ0v) is 30.6. The highest BCUT2D eigenvalue weighted by molar-refractivity contribution is 6.25. The van der Waals surface area contributed by atoms with Gasteiger partial charge in [-0.05, 0) is 67.8 Å². The van der Waals surface area contributed by atoms with E-state index in [1.807, 2.05) is 22.7 Å². The van der Waals surface area contributed by atoms with E-state index in [2.05, 4.69) is 70.5 Å². The van der Waals surface area contributed by atoms with Crippen molar-refractivity contribution in [2.24, 2.45) is 0 Å². The second-order valence-electron chi connectivity index (χ2n) is 13.9. The predicted octanol–water partition coefficient (Wildman–Crippen LogP) is 2.53. The molecule has 288 valence electrons. The number of nitrogens with zero attached hydrogens (tertiary/aromatic N) is 7. The molecule has 17 heteroatoms. The van der Waals surface area contributed by atoms with E-state index in [0.29, 0.717) is 30.4 Å². The average Bonchev–Trinajstić information content (AvgIpc) is 3.98. The van der Waals surface area contributed by atoms with Gasteiger partial charge in [0.2, 0.25) is 23.7 Å². The van der Waals surface area contributed by atoms with Gasteiger partial charge in [-0.2, -0.15) is 0 Å². The van der Waals surface area contributed by atoms with Crippen LogP contribution in [0.5, 0.6) is 0 Å². The van der Waals surface area contributed by atoms with Crippen LogP contribution in [0.2, 0.25) is 0 Å². The van der Waals surface area contributed by atoms with E-state index in [9.17, 15) is 24.0 Å². The molecule has 0 aliphatic carbocycles. The van der Waals surface area contributed by atoms with E-state index in [1.54, 1.807) is 24.7 Å². The first-order valence-corrected chi connectivity index (χ1v) is 18.7. The number of aromatic nitrogens is 4. The molecule has 2 aromatic carbocycles. The summed E-state index contributed by atoms with van der Waals surface area (Å²) in [5.41, 5.74) is 4.39. The van der Waals surface area contributed by atoms with Crippen LogP contribution >= 0.6 is 0 Å². The molecule has 4 N–H and O–H groups in total. The molecular formula is C39H41N11O6. The Labute approximate surface area is 321 Å². The lowest BCUT2D eigenvalue weighted by molar-refractivity contribution is -0.136. The maximum absolute atomic E-state index is 13.3. The summed E-state index contributed by atoms with van der Waals surface area (Å²) >= 11 is 0. The lowest BCUT2D eigenvalue weighted by Gasteiger charge is -2.36. The number of piperidine rings is 1. The Morgan fingerprint density at radius 2 is 1.75 bits per heavy atom. The predicted molar refractivity (Wildman–Crippen MR) is 205 cm³/mol. The smallest absolute Gasteiger partial charge is 0.264 e. The standard InChI is InChI=1S/C39H41N11O6/c51-32-13-12-31(36(53)45-32)50-37(54)28-6-3-7-30(34(28)38(50)55)41-23-33(52)40-14-1-2-15-47-16-18-48(19-17-47)26-10-8-25(9-11-26)29-22-43-39(49-24-44-46-35(29)49)42-21-27-5-4-20-56-27/h3-11,20,22,24,31,41H,1-2,12-19,21,23H2,(H,40,52)(H,42,43)(H,45,51,53). The minimum absolute atomic E-state index is 0.0416. The van der Waals surface area contributed by atoms with Crippen molar-refractivity contribution in [2.75, 3.05) is 61.3 Å². The van der Waals surface area contributed by atoms with Crippen LogP contribution in [-0.4, -0.2) is 111 Å². The van der Waals surface area contributed by atoms with Gasteiger partial charge in [0.25, 0.3) is 11.8 Å². The van der Waals surface area contributed by atoms with Gasteiger partial charge in [-0.15, -0.1) is 10.2 Å². The summed E-state index contributed by atoms with van der Waals surface area (Å²) in [7, 11) is 0. The van der Waals surface area contributed by atoms with Crippen molar-refractivity contribution >= 4 is 52.5 Å². The third-order valence-electron chi connectivity index (χ3n) is 10.4. The quantitative estimate of drug-likeness (QED) is 0.0953. The van der Waals surface area contributed by atoms with Gasteiger partial charge in [-0.1, -0.05) is 18.2 Å². The van der Waals surface area contributed by atoms with E-state index < -0.39 is 29.7 Å². The van der Waals surface area contributed by atoms with Crippen molar-refractivity contribution in [3.8, 4) is 11.1 Å². The van der Waals surface area contributed by atoms with Gasteiger partial charge in [0.05, 0.1) is 30.5 Å². The number of piperazine rings is 1. The Kier molecular flexibility index (Phi) is 10.4. The minimum atomic E-state index is -1.05. The first kappa shape index (κ1) is 36.4. The maximum Gasteiger partial charge on any atom is 0.264 e. The number of furan rings is 1. The van der Waals surface area contributed by atoms with Crippen molar-refractivity contribution in [3.05, 3.63) is 90.3 Å². The van der Waals surface area contributed by atoms with Crippen molar-refractivity contribution in [1.82, 2.24) is 40.0 Å². The number of amides is 5. The first-order valence-electron chi connectivity index (χ1n) is 18.7. The van der Waals surface area contributed by atoms with Gasteiger partial charge in [0.15, 0.2) is 5.65 Å². The molecular weight excluding hydrogens is 718 g/mol. The molecule has 0 radical (unpaired) electrons. The molecule has 6 heterocycles. The number of hydrogen-bond donors (Lipinski definition) is 4. The summed E-state index contributed by atoms with van der Waals surface area (Å²) in [5, 5.41) is 19.8. The van der Waals surface area contributed by atoms with E-state index >= 15 is 0 Å². The van der Waals surface area contributed by atoms with Crippen LogP contribution in [0.4, 0.5) is 17.3 Å². The van der Waals surface area contributed by atoms with Gasteiger partial charge in [-0.25, -0.2) is 4.98 Å². The highest BCUT2D eigenvalue weighted by Crippen LogP contribution is 2.32. The SMILES string of the molecule is O=C(CNc1cccc2c1C(=O)N(C1CCC(=O)NC1=O)C2=O)NCCCCN1CCN(c2ccc(-c3cnc(NCc4ccco4)n4cnnc34)cc2)CC1. The molecule has 17 nitrogen and oxygen atoms in total. The fourth-order valence-electron chi connectivity index (χ4n) is 7.40. The second kappa shape index (κ2) is 16.0. The van der Waals surface area contributed by atoms with Gasteiger partial charge < -0.3 is 25.3 Å². The summed E-state index contributed by atoms with van der Waals surface area (Å²) < 4.78 is 7.25. The molecule has 8 rings (SSSR count). The van der Waals surface area contributed by atoms with Crippen molar-refractivity contribution < 1.29 is 28.4 Å². The van der Waals surface area contributed by atoms with E-state index in [1.165, 1.54) is 6.07 Å². The molecule has 3 aliphatic heterocycles. The lowest BCUT2D eigenvalue weighted by atomic mass is 10.0. The van der Waals surface area contributed by atoms with Crippen LogP contribution in [0.15, 0.2) is 77.8 Å². The number of hydrogen-bond acceptors (Lipinski definition) is 13. The van der Waals surface area contributed by atoms with Crippen LogP contribution in [0, 0.1) is 0 Å². The molecule has 3 aliphatic rings. The van der Waals surface area contributed by atoms with Crippen LogP contribution in [0.3, 0.4) is 0 Å². The third kappa shape index (κ3) is 7.52. The first-order chi connectivity index (χ1) is 27.3. The Morgan fingerprint density at radius 1 is 0.911 bits per heavy atom. The van der Waals surface area contributed by atoms with Crippen LogP contribution in [0.25, 0.3) is 16.8 Å². The van der Waals surface area contributed by atoms with Crippen LogP contribution in [0.1, 0.15) is 52.2 Å². The average molecular weight is 760 g/mol. The number of benzene rings is 2. The number of imide groups is 2.